The lowest BCUT2D eigenvalue weighted by Crippen LogP contribution is -2.21. The smallest absolute Gasteiger partial charge is 0.228 e. The molecule has 0 aliphatic rings. The van der Waals surface area contributed by atoms with Crippen LogP contribution >= 0.6 is 15.9 Å². The van der Waals surface area contributed by atoms with E-state index in [1.54, 1.807) is 36.1 Å². The minimum atomic E-state index is -0.314. The number of halogens is 1. The predicted molar refractivity (Wildman–Crippen MR) is 79.8 cm³/mol. The highest BCUT2D eigenvalue weighted by Crippen LogP contribution is 2.12. The van der Waals surface area contributed by atoms with Gasteiger partial charge in [0.1, 0.15) is 11.4 Å². The van der Waals surface area contributed by atoms with Crippen LogP contribution in [0, 0.1) is 0 Å². The average molecular weight is 337 g/mol. The van der Waals surface area contributed by atoms with Crippen LogP contribution in [0.3, 0.4) is 0 Å². The Morgan fingerprint density at radius 1 is 1.40 bits per heavy atom. The highest BCUT2D eigenvalue weighted by Gasteiger charge is 2.09. The molecule has 2 N–H and O–H groups in total. The van der Waals surface area contributed by atoms with Crippen LogP contribution in [-0.4, -0.2) is 15.6 Å². The van der Waals surface area contributed by atoms with Gasteiger partial charge in [-0.2, -0.15) is 0 Å². The number of rotatable bonds is 3. The zero-order chi connectivity index (χ0) is 14.7. The van der Waals surface area contributed by atoms with E-state index in [1.807, 2.05) is 0 Å². The largest absolute Gasteiger partial charge is 0.508 e. The number of aromatic hydroxyl groups is 1. The maximum Gasteiger partial charge on any atom is 0.228 e. The molecule has 0 atom stereocenters. The van der Waals surface area contributed by atoms with Crippen molar-refractivity contribution in [3.63, 3.8) is 0 Å². The summed E-state index contributed by atoms with van der Waals surface area (Å²) in [5, 5.41) is 11.9. The van der Waals surface area contributed by atoms with Crippen LogP contribution in [0.5, 0.6) is 5.75 Å². The molecule has 1 amide bonds. The van der Waals surface area contributed by atoms with Crippen LogP contribution in [0.15, 0.2) is 45.9 Å². The van der Waals surface area contributed by atoms with Gasteiger partial charge in [0.2, 0.25) is 11.3 Å². The van der Waals surface area contributed by atoms with Gasteiger partial charge in [0.05, 0.1) is 10.9 Å². The third-order valence-electron chi connectivity index (χ3n) is 2.66. The lowest BCUT2D eigenvalue weighted by atomic mass is 10.1. The number of amides is 1. The molecule has 1 aromatic heterocycles. The van der Waals surface area contributed by atoms with Crippen molar-refractivity contribution in [2.45, 2.75) is 6.42 Å². The molecule has 0 saturated carbocycles. The number of carbonyl (C=O) groups is 1. The second-order valence-corrected chi connectivity index (χ2v) is 5.26. The van der Waals surface area contributed by atoms with Crippen LogP contribution < -0.4 is 10.7 Å². The van der Waals surface area contributed by atoms with Crippen molar-refractivity contribution in [2.24, 2.45) is 7.05 Å². The van der Waals surface area contributed by atoms with Gasteiger partial charge in [0.15, 0.2) is 0 Å². The molecule has 0 aliphatic carbocycles. The predicted octanol–water partition coefficient (Wildman–Crippen LogP) is 2.03. The van der Waals surface area contributed by atoms with E-state index in [4.69, 9.17) is 0 Å². The summed E-state index contributed by atoms with van der Waals surface area (Å²) in [5.74, 6) is -0.209. The molecule has 0 spiro atoms. The Labute approximate surface area is 124 Å². The van der Waals surface area contributed by atoms with E-state index >= 15 is 0 Å². The molecule has 2 aromatic rings. The highest BCUT2D eigenvalue weighted by molar-refractivity contribution is 9.10. The van der Waals surface area contributed by atoms with Crippen molar-refractivity contribution in [3.05, 3.63) is 56.9 Å². The number of phenols is 1. The summed E-state index contributed by atoms with van der Waals surface area (Å²) < 4.78 is 2.06. The molecule has 1 aromatic carbocycles. The van der Waals surface area contributed by atoms with Crippen molar-refractivity contribution in [1.82, 2.24) is 4.57 Å². The first-order valence-corrected chi connectivity index (χ1v) is 6.68. The average Bonchev–Trinajstić information content (AvgIpc) is 2.35. The van der Waals surface area contributed by atoms with Crippen LogP contribution in [-0.2, 0) is 18.3 Å². The number of phenolic OH excluding ortho intramolecular Hbond substituents is 1. The Morgan fingerprint density at radius 3 is 2.85 bits per heavy atom. The van der Waals surface area contributed by atoms with Crippen molar-refractivity contribution in [1.29, 1.82) is 0 Å². The second-order valence-electron chi connectivity index (χ2n) is 4.41. The number of benzene rings is 1. The number of hydrogen-bond acceptors (Lipinski definition) is 3. The molecular formula is C14H13BrN2O3. The lowest BCUT2D eigenvalue weighted by Gasteiger charge is -2.07. The second kappa shape index (κ2) is 5.92. The maximum absolute atomic E-state index is 11.9. The Kier molecular flexibility index (Phi) is 4.24. The van der Waals surface area contributed by atoms with Gasteiger partial charge in [-0.1, -0.05) is 12.1 Å². The molecular weight excluding hydrogens is 324 g/mol. The number of hydrogen-bond donors (Lipinski definition) is 2. The van der Waals surface area contributed by atoms with E-state index in [0.29, 0.717) is 10.0 Å². The molecule has 1 heterocycles. The van der Waals surface area contributed by atoms with Crippen molar-refractivity contribution < 1.29 is 9.90 Å². The van der Waals surface area contributed by atoms with Gasteiger partial charge in [0, 0.05) is 19.4 Å². The Balaban J connectivity index is 2.15. The number of nitrogens with one attached hydrogen (secondary N) is 1. The number of anilines is 1. The summed E-state index contributed by atoms with van der Waals surface area (Å²) in [5.41, 5.74) is 0.619. The normalized spacial score (nSPS) is 10.3. The summed E-state index contributed by atoms with van der Waals surface area (Å²) in [4.78, 5) is 23.8. The van der Waals surface area contributed by atoms with Crippen LogP contribution in [0.1, 0.15) is 5.56 Å². The quantitative estimate of drug-likeness (QED) is 0.900. The first kappa shape index (κ1) is 14.3. The number of nitrogens with zero attached hydrogens (tertiary/aromatic N) is 1. The van der Waals surface area contributed by atoms with E-state index in [9.17, 15) is 14.7 Å². The number of pyridine rings is 1. The molecule has 104 valence electrons. The van der Waals surface area contributed by atoms with Gasteiger partial charge in [-0.15, -0.1) is 0 Å². The summed E-state index contributed by atoms with van der Waals surface area (Å²) in [6.07, 6.45) is 3.25. The molecule has 0 aliphatic heterocycles. The fourth-order valence-electron chi connectivity index (χ4n) is 1.80. The molecule has 20 heavy (non-hydrogen) atoms. The zero-order valence-electron chi connectivity index (χ0n) is 10.8. The van der Waals surface area contributed by atoms with Crippen molar-refractivity contribution in [3.8, 4) is 5.75 Å². The third kappa shape index (κ3) is 3.48. The molecule has 0 unspecified atom stereocenters. The summed E-state index contributed by atoms with van der Waals surface area (Å²) in [6, 6.07) is 6.44. The molecule has 2 rings (SSSR count). The maximum atomic E-state index is 11.9. The van der Waals surface area contributed by atoms with E-state index < -0.39 is 0 Å². The number of carbonyl (C=O) groups excluding carboxylic acids is 1. The summed E-state index contributed by atoms with van der Waals surface area (Å²) in [7, 11) is 1.76. The molecule has 0 fully saturated rings. The SMILES string of the molecule is Cn1cc(Br)c(=O)c(NC(=O)Cc2cccc(O)c2)c1. The van der Waals surface area contributed by atoms with Crippen molar-refractivity contribution >= 4 is 27.5 Å². The molecule has 0 radical (unpaired) electrons. The number of aromatic nitrogens is 1. The fraction of sp³-hybridized carbons (Fsp3) is 0.143. The minimum Gasteiger partial charge on any atom is -0.508 e. The van der Waals surface area contributed by atoms with Gasteiger partial charge in [-0.25, -0.2) is 0 Å². The van der Waals surface area contributed by atoms with Gasteiger partial charge in [-0.05, 0) is 33.6 Å². The van der Waals surface area contributed by atoms with Gasteiger partial charge in [0.25, 0.3) is 0 Å². The Hall–Kier alpha value is -2.08. The van der Waals surface area contributed by atoms with E-state index in [-0.39, 0.29) is 29.2 Å². The number of aryl methyl sites for hydroxylation is 1. The van der Waals surface area contributed by atoms with E-state index in [2.05, 4.69) is 21.2 Å². The molecule has 0 bridgehead atoms. The highest BCUT2D eigenvalue weighted by atomic mass is 79.9. The van der Waals surface area contributed by atoms with Crippen LogP contribution in [0.4, 0.5) is 5.69 Å². The Bertz CT molecular complexity index is 710. The molecule has 6 heteroatoms. The van der Waals surface area contributed by atoms with Gasteiger partial charge in [-0.3, -0.25) is 9.59 Å². The fourth-order valence-corrected chi connectivity index (χ4v) is 2.34. The van der Waals surface area contributed by atoms with E-state index in [0.717, 1.165) is 0 Å². The Morgan fingerprint density at radius 2 is 2.15 bits per heavy atom. The standard InChI is InChI=1S/C14H13BrN2O3/c1-17-7-11(15)14(20)12(8-17)16-13(19)6-9-3-2-4-10(18)5-9/h2-5,7-8,18H,6H2,1H3,(H,16,19). The van der Waals surface area contributed by atoms with Gasteiger partial charge < -0.3 is 15.0 Å². The van der Waals surface area contributed by atoms with Crippen molar-refractivity contribution in [2.75, 3.05) is 5.32 Å². The lowest BCUT2D eigenvalue weighted by molar-refractivity contribution is -0.115. The van der Waals surface area contributed by atoms with Gasteiger partial charge >= 0.3 is 0 Å². The summed E-state index contributed by atoms with van der Waals surface area (Å²) in [6.45, 7) is 0. The first-order chi connectivity index (χ1) is 9.45. The minimum absolute atomic E-state index is 0.0874. The summed E-state index contributed by atoms with van der Waals surface area (Å²) >= 11 is 3.15. The zero-order valence-corrected chi connectivity index (χ0v) is 12.3. The monoisotopic (exact) mass is 336 g/mol. The van der Waals surface area contributed by atoms with Crippen LogP contribution in [0.2, 0.25) is 0 Å². The first-order valence-electron chi connectivity index (χ1n) is 5.89. The third-order valence-corrected chi connectivity index (χ3v) is 3.23. The molecule has 0 saturated heterocycles. The van der Waals surface area contributed by atoms with E-state index in [1.165, 1.54) is 12.1 Å². The molecule has 5 nitrogen and oxygen atoms in total. The topological polar surface area (TPSA) is 71.3 Å². The van der Waals surface area contributed by atoms with Crippen LogP contribution in [0.25, 0.3) is 0 Å².